The van der Waals surface area contributed by atoms with Gasteiger partial charge >= 0.3 is 0 Å². The number of nitrogens with one attached hydrogen (secondary N) is 2. The van der Waals surface area contributed by atoms with Crippen LogP contribution in [0.15, 0.2) is 72.8 Å². The third-order valence-corrected chi connectivity index (χ3v) is 5.19. The van der Waals surface area contributed by atoms with E-state index in [0.717, 1.165) is 0 Å². The SMILES string of the molecule is O=C(Nc1ccc(-n2ccnc2)nc1)c1ccc(Cl)c(NC(=O)c2cccs2)c1. The summed E-state index contributed by atoms with van der Waals surface area (Å²) in [5, 5.41) is 7.67. The first kappa shape index (κ1) is 18.9. The van der Waals surface area contributed by atoms with Crippen molar-refractivity contribution in [3.8, 4) is 5.82 Å². The van der Waals surface area contributed by atoms with E-state index in [1.54, 1.807) is 65.9 Å². The number of carbonyl (C=O) groups is 2. The number of anilines is 2. The van der Waals surface area contributed by atoms with Gasteiger partial charge in [0.25, 0.3) is 11.8 Å². The molecule has 0 aliphatic heterocycles. The summed E-state index contributed by atoms with van der Waals surface area (Å²) in [6.45, 7) is 0. The van der Waals surface area contributed by atoms with Crippen LogP contribution in [0.2, 0.25) is 5.02 Å². The zero-order valence-electron chi connectivity index (χ0n) is 14.9. The minimum Gasteiger partial charge on any atom is -0.321 e. The number of nitrogens with zero attached hydrogens (tertiary/aromatic N) is 3. The second-order valence-electron chi connectivity index (χ2n) is 5.96. The normalized spacial score (nSPS) is 10.5. The number of benzene rings is 1. The van der Waals surface area contributed by atoms with E-state index < -0.39 is 0 Å². The molecule has 0 fully saturated rings. The molecule has 3 heterocycles. The maximum Gasteiger partial charge on any atom is 0.265 e. The predicted molar refractivity (Wildman–Crippen MR) is 113 cm³/mol. The lowest BCUT2D eigenvalue weighted by Crippen LogP contribution is -2.14. The topological polar surface area (TPSA) is 88.9 Å². The first-order valence-electron chi connectivity index (χ1n) is 8.50. The highest BCUT2D eigenvalue weighted by Gasteiger charge is 2.13. The molecule has 2 N–H and O–H groups in total. The third-order valence-electron chi connectivity index (χ3n) is 4.00. The van der Waals surface area contributed by atoms with E-state index in [4.69, 9.17) is 11.6 Å². The van der Waals surface area contributed by atoms with Gasteiger partial charge in [0.2, 0.25) is 0 Å². The Labute approximate surface area is 175 Å². The lowest BCUT2D eigenvalue weighted by molar-refractivity contribution is 0.101. The number of hydrogen-bond acceptors (Lipinski definition) is 5. The Bertz CT molecular complexity index is 1140. The first-order chi connectivity index (χ1) is 14.1. The number of carbonyl (C=O) groups excluding carboxylic acids is 2. The molecule has 7 nitrogen and oxygen atoms in total. The zero-order valence-corrected chi connectivity index (χ0v) is 16.4. The molecule has 4 aromatic rings. The van der Waals surface area contributed by atoms with E-state index in [2.05, 4.69) is 20.6 Å². The van der Waals surface area contributed by atoms with Crippen molar-refractivity contribution in [3.05, 3.63) is 88.2 Å². The van der Waals surface area contributed by atoms with Gasteiger partial charge in [0.05, 0.1) is 27.5 Å². The van der Waals surface area contributed by atoms with Crippen molar-refractivity contribution in [2.24, 2.45) is 0 Å². The minimum absolute atomic E-state index is 0.279. The molecule has 1 aromatic carbocycles. The summed E-state index contributed by atoms with van der Waals surface area (Å²) in [6, 6.07) is 11.7. The number of pyridine rings is 1. The Hall–Kier alpha value is -3.49. The molecule has 0 bridgehead atoms. The van der Waals surface area contributed by atoms with Gasteiger partial charge < -0.3 is 10.6 Å². The van der Waals surface area contributed by atoms with Crippen LogP contribution in [0.3, 0.4) is 0 Å². The van der Waals surface area contributed by atoms with Crippen LogP contribution >= 0.6 is 22.9 Å². The summed E-state index contributed by atoms with van der Waals surface area (Å²) in [5.41, 5.74) is 1.26. The van der Waals surface area contributed by atoms with Gasteiger partial charge in [-0.25, -0.2) is 9.97 Å². The molecule has 0 spiro atoms. The quantitative estimate of drug-likeness (QED) is 0.495. The van der Waals surface area contributed by atoms with Gasteiger partial charge in [0, 0.05) is 18.0 Å². The van der Waals surface area contributed by atoms with Gasteiger partial charge in [-0.1, -0.05) is 17.7 Å². The number of aromatic nitrogens is 3. The molecule has 0 saturated heterocycles. The molecule has 29 heavy (non-hydrogen) atoms. The average Bonchev–Trinajstić information content (AvgIpc) is 3.44. The van der Waals surface area contributed by atoms with Crippen molar-refractivity contribution >= 4 is 46.1 Å². The van der Waals surface area contributed by atoms with Crippen LogP contribution in [0.5, 0.6) is 0 Å². The summed E-state index contributed by atoms with van der Waals surface area (Å²) < 4.78 is 1.76. The van der Waals surface area contributed by atoms with E-state index in [1.807, 2.05) is 5.38 Å². The molecule has 0 unspecified atom stereocenters. The van der Waals surface area contributed by atoms with Gasteiger partial charge in [-0.05, 0) is 41.8 Å². The molecule has 0 atom stereocenters. The molecular formula is C20H14ClN5O2S. The molecule has 9 heteroatoms. The average molecular weight is 424 g/mol. The Morgan fingerprint density at radius 3 is 2.66 bits per heavy atom. The minimum atomic E-state index is -0.342. The summed E-state index contributed by atoms with van der Waals surface area (Å²) in [4.78, 5) is 33.7. The second kappa shape index (κ2) is 8.26. The van der Waals surface area contributed by atoms with Gasteiger partial charge in [-0.3, -0.25) is 14.2 Å². The fourth-order valence-electron chi connectivity index (χ4n) is 2.56. The molecular weight excluding hydrogens is 410 g/mol. The monoisotopic (exact) mass is 423 g/mol. The maximum absolute atomic E-state index is 12.6. The van der Waals surface area contributed by atoms with Gasteiger partial charge in [0.1, 0.15) is 12.1 Å². The van der Waals surface area contributed by atoms with E-state index in [1.165, 1.54) is 17.4 Å². The van der Waals surface area contributed by atoms with E-state index in [9.17, 15) is 9.59 Å². The first-order valence-corrected chi connectivity index (χ1v) is 9.76. The molecule has 144 valence electrons. The number of halogens is 1. The lowest BCUT2D eigenvalue weighted by atomic mass is 10.1. The smallest absolute Gasteiger partial charge is 0.265 e. The van der Waals surface area contributed by atoms with Crippen molar-refractivity contribution in [2.75, 3.05) is 10.6 Å². The van der Waals surface area contributed by atoms with Crippen LogP contribution in [-0.4, -0.2) is 26.3 Å². The van der Waals surface area contributed by atoms with Crippen LogP contribution < -0.4 is 10.6 Å². The van der Waals surface area contributed by atoms with E-state index >= 15 is 0 Å². The van der Waals surface area contributed by atoms with Gasteiger partial charge in [-0.2, -0.15) is 0 Å². The standard InChI is InChI=1S/C20H14ClN5O2S/c21-15-5-3-13(10-16(15)25-20(28)17-2-1-9-29-17)19(27)24-14-4-6-18(23-11-14)26-8-7-22-12-26/h1-12H,(H,24,27)(H,25,28). The molecule has 0 aliphatic carbocycles. The van der Waals surface area contributed by atoms with Gasteiger partial charge in [-0.15, -0.1) is 11.3 Å². The second-order valence-corrected chi connectivity index (χ2v) is 7.31. The summed E-state index contributed by atoms with van der Waals surface area (Å²) in [6.07, 6.45) is 6.63. The Kier molecular flexibility index (Phi) is 5.37. The van der Waals surface area contributed by atoms with Crippen LogP contribution in [0.25, 0.3) is 5.82 Å². The fraction of sp³-hybridized carbons (Fsp3) is 0. The van der Waals surface area contributed by atoms with Crippen molar-refractivity contribution in [2.45, 2.75) is 0 Å². The van der Waals surface area contributed by atoms with E-state index in [-0.39, 0.29) is 11.8 Å². The van der Waals surface area contributed by atoms with Crippen LogP contribution in [0, 0.1) is 0 Å². The number of thiophene rings is 1. The van der Waals surface area contributed by atoms with Crippen LogP contribution in [-0.2, 0) is 0 Å². The number of hydrogen-bond donors (Lipinski definition) is 2. The third kappa shape index (κ3) is 4.34. The Morgan fingerprint density at radius 2 is 1.97 bits per heavy atom. The van der Waals surface area contributed by atoms with E-state index in [0.29, 0.717) is 32.7 Å². The zero-order chi connectivity index (χ0) is 20.2. The predicted octanol–water partition coefficient (Wildman–Crippen LogP) is 4.49. The molecule has 2 amide bonds. The Morgan fingerprint density at radius 1 is 1.07 bits per heavy atom. The highest BCUT2D eigenvalue weighted by molar-refractivity contribution is 7.12. The molecule has 0 aliphatic rings. The summed E-state index contributed by atoms with van der Waals surface area (Å²) in [5.74, 6) is 0.0646. The Balaban J connectivity index is 1.48. The van der Waals surface area contributed by atoms with Crippen molar-refractivity contribution in [3.63, 3.8) is 0 Å². The molecule has 3 aromatic heterocycles. The molecule has 0 radical (unpaired) electrons. The van der Waals surface area contributed by atoms with Crippen LogP contribution in [0.4, 0.5) is 11.4 Å². The fourth-order valence-corrected chi connectivity index (χ4v) is 3.35. The number of amides is 2. The molecule has 0 saturated carbocycles. The van der Waals surface area contributed by atoms with Crippen molar-refractivity contribution in [1.82, 2.24) is 14.5 Å². The highest BCUT2D eigenvalue weighted by atomic mass is 35.5. The molecule has 4 rings (SSSR count). The maximum atomic E-state index is 12.6. The van der Waals surface area contributed by atoms with Crippen molar-refractivity contribution in [1.29, 1.82) is 0 Å². The number of rotatable bonds is 5. The number of imidazole rings is 1. The summed E-state index contributed by atoms with van der Waals surface area (Å²) in [7, 11) is 0. The van der Waals surface area contributed by atoms with Crippen molar-refractivity contribution < 1.29 is 9.59 Å². The highest BCUT2D eigenvalue weighted by Crippen LogP contribution is 2.25. The lowest BCUT2D eigenvalue weighted by Gasteiger charge is -2.10. The largest absolute Gasteiger partial charge is 0.321 e. The van der Waals surface area contributed by atoms with Gasteiger partial charge in [0.15, 0.2) is 0 Å². The summed E-state index contributed by atoms with van der Waals surface area (Å²) >= 11 is 7.49. The van der Waals surface area contributed by atoms with Crippen LogP contribution in [0.1, 0.15) is 20.0 Å².